The van der Waals surface area contributed by atoms with E-state index in [0.29, 0.717) is 0 Å². The van der Waals surface area contributed by atoms with Gasteiger partial charge in [0.25, 0.3) is 0 Å². The third-order valence-corrected chi connectivity index (χ3v) is 5.53. The molecule has 0 amide bonds. The standard InChI is InChI=1S/C27H52/c1-3-5-7-9-11-13-15-17-19-21-23-25-27-26-24-22-20-18-16-14-12-10-8-6-4-2/h5,7,21,23H,3-4,6,8-20,22,24-27H2,1-2H3/b7-5+,23-21+. The first-order valence-electron chi connectivity index (χ1n) is 12.7. The van der Waals surface area contributed by atoms with E-state index in [-0.39, 0.29) is 0 Å². The fraction of sp³-hybridized carbons (Fsp3) is 0.852. The van der Waals surface area contributed by atoms with Gasteiger partial charge < -0.3 is 0 Å². The third kappa shape index (κ3) is 25.5. The monoisotopic (exact) mass is 376 g/mol. The van der Waals surface area contributed by atoms with E-state index in [9.17, 15) is 0 Å². The van der Waals surface area contributed by atoms with Gasteiger partial charge in [-0.3, -0.25) is 0 Å². The van der Waals surface area contributed by atoms with Crippen LogP contribution in [0.3, 0.4) is 0 Å². The predicted octanol–water partition coefficient (Wildman–Crippen LogP) is 10.3. The molecule has 0 nitrogen and oxygen atoms in total. The third-order valence-electron chi connectivity index (χ3n) is 5.53. The Hall–Kier alpha value is -0.520. The molecule has 0 N–H and O–H groups in total. The fourth-order valence-electron chi connectivity index (χ4n) is 3.68. The van der Waals surface area contributed by atoms with Gasteiger partial charge in [-0.05, 0) is 44.9 Å². The van der Waals surface area contributed by atoms with Gasteiger partial charge in [0.05, 0.1) is 0 Å². The van der Waals surface area contributed by atoms with Crippen LogP contribution in [0.4, 0.5) is 0 Å². The van der Waals surface area contributed by atoms with Crippen LogP contribution < -0.4 is 0 Å². The smallest absolute Gasteiger partial charge is 0.0351 e. The van der Waals surface area contributed by atoms with Gasteiger partial charge >= 0.3 is 0 Å². The summed E-state index contributed by atoms with van der Waals surface area (Å²) in [6, 6.07) is 0. The van der Waals surface area contributed by atoms with Crippen LogP contribution in [0.5, 0.6) is 0 Å². The van der Waals surface area contributed by atoms with Crippen LogP contribution in [0.1, 0.15) is 149 Å². The summed E-state index contributed by atoms with van der Waals surface area (Å²) in [6.07, 6.45) is 39.0. The molecule has 0 fully saturated rings. The van der Waals surface area contributed by atoms with Crippen molar-refractivity contribution >= 4 is 0 Å². The lowest BCUT2D eigenvalue weighted by Gasteiger charge is -2.02. The molecule has 0 aliphatic rings. The highest BCUT2D eigenvalue weighted by Crippen LogP contribution is 2.13. The Labute approximate surface area is 173 Å². The van der Waals surface area contributed by atoms with Crippen LogP contribution in [-0.4, -0.2) is 0 Å². The van der Waals surface area contributed by atoms with Crippen molar-refractivity contribution in [2.75, 3.05) is 0 Å². The summed E-state index contributed by atoms with van der Waals surface area (Å²) >= 11 is 0. The van der Waals surface area contributed by atoms with Gasteiger partial charge in [-0.2, -0.15) is 0 Å². The van der Waals surface area contributed by atoms with Crippen molar-refractivity contribution in [1.29, 1.82) is 0 Å². The lowest BCUT2D eigenvalue weighted by molar-refractivity contribution is 0.540. The second-order valence-electron chi connectivity index (χ2n) is 8.37. The van der Waals surface area contributed by atoms with E-state index in [1.807, 2.05) is 0 Å². The van der Waals surface area contributed by atoms with Gasteiger partial charge in [0.2, 0.25) is 0 Å². The minimum atomic E-state index is 1.18. The molecule has 0 unspecified atom stereocenters. The van der Waals surface area contributed by atoms with E-state index in [1.54, 1.807) is 0 Å². The zero-order chi connectivity index (χ0) is 19.7. The van der Waals surface area contributed by atoms with Crippen molar-refractivity contribution < 1.29 is 0 Å². The normalized spacial score (nSPS) is 11.9. The maximum Gasteiger partial charge on any atom is -0.0351 e. The van der Waals surface area contributed by atoms with Crippen molar-refractivity contribution in [2.45, 2.75) is 149 Å². The first-order chi connectivity index (χ1) is 13.4. The molecule has 0 aromatic heterocycles. The topological polar surface area (TPSA) is 0 Å². The molecule has 0 aromatic rings. The average molecular weight is 377 g/mol. The molecular formula is C27H52. The number of allylic oxidation sites excluding steroid dienone is 4. The van der Waals surface area contributed by atoms with Gasteiger partial charge in [0.1, 0.15) is 0 Å². The molecule has 0 saturated heterocycles. The Morgan fingerprint density at radius 3 is 0.963 bits per heavy atom. The summed E-state index contributed by atoms with van der Waals surface area (Å²) in [5.74, 6) is 0. The van der Waals surface area contributed by atoms with Crippen molar-refractivity contribution in [3.8, 4) is 0 Å². The Balaban J connectivity index is 3.07. The summed E-state index contributed by atoms with van der Waals surface area (Å²) in [4.78, 5) is 0. The van der Waals surface area contributed by atoms with E-state index < -0.39 is 0 Å². The largest absolute Gasteiger partial charge is 0.0888 e. The van der Waals surface area contributed by atoms with Crippen molar-refractivity contribution in [1.82, 2.24) is 0 Å². The lowest BCUT2D eigenvalue weighted by atomic mass is 10.0. The highest BCUT2D eigenvalue weighted by atomic mass is 14.0. The summed E-state index contributed by atoms with van der Waals surface area (Å²) in [5.41, 5.74) is 0. The summed E-state index contributed by atoms with van der Waals surface area (Å²) in [5, 5.41) is 0. The van der Waals surface area contributed by atoms with Crippen molar-refractivity contribution in [2.24, 2.45) is 0 Å². The van der Waals surface area contributed by atoms with Crippen LogP contribution in [0.2, 0.25) is 0 Å². The zero-order valence-electron chi connectivity index (χ0n) is 19.2. The molecular weight excluding hydrogens is 324 g/mol. The molecule has 0 radical (unpaired) electrons. The maximum atomic E-state index is 2.43. The zero-order valence-corrected chi connectivity index (χ0v) is 19.2. The van der Waals surface area contributed by atoms with E-state index in [0.717, 1.165) is 0 Å². The average Bonchev–Trinajstić information content (AvgIpc) is 2.68. The molecule has 0 spiro atoms. The minimum absolute atomic E-state index is 1.18. The Bertz CT molecular complexity index is 299. The van der Waals surface area contributed by atoms with Crippen LogP contribution in [0, 0.1) is 0 Å². The predicted molar refractivity (Wildman–Crippen MR) is 127 cm³/mol. The lowest BCUT2D eigenvalue weighted by Crippen LogP contribution is -1.82. The molecule has 0 bridgehead atoms. The number of rotatable bonds is 22. The Kier molecular flexibility index (Phi) is 25.0. The number of unbranched alkanes of at least 4 members (excludes halogenated alkanes) is 18. The molecule has 0 atom stereocenters. The van der Waals surface area contributed by atoms with E-state index >= 15 is 0 Å². The van der Waals surface area contributed by atoms with E-state index in [4.69, 9.17) is 0 Å². The molecule has 27 heavy (non-hydrogen) atoms. The van der Waals surface area contributed by atoms with Gasteiger partial charge in [-0.1, -0.05) is 128 Å². The van der Waals surface area contributed by atoms with E-state index in [2.05, 4.69) is 38.2 Å². The van der Waals surface area contributed by atoms with Crippen LogP contribution in [0.15, 0.2) is 24.3 Å². The van der Waals surface area contributed by atoms with Gasteiger partial charge in [-0.25, -0.2) is 0 Å². The second-order valence-corrected chi connectivity index (χ2v) is 8.37. The van der Waals surface area contributed by atoms with Crippen LogP contribution in [-0.2, 0) is 0 Å². The van der Waals surface area contributed by atoms with Crippen LogP contribution >= 0.6 is 0 Å². The Morgan fingerprint density at radius 2 is 0.630 bits per heavy atom. The van der Waals surface area contributed by atoms with Gasteiger partial charge in [0, 0.05) is 0 Å². The van der Waals surface area contributed by atoms with E-state index in [1.165, 1.54) is 135 Å². The molecule has 0 aliphatic heterocycles. The molecule has 0 aromatic carbocycles. The minimum Gasteiger partial charge on any atom is -0.0888 e. The molecule has 0 saturated carbocycles. The quantitative estimate of drug-likeness (QED) is 0.130. The molecule has 0 rings (SSSR count). The first-order valence-corrected chi connectivity index (χ1v) is 12.7. The number of hydrogen-bond acceptors (Lipinski definition) is 0. The summed E-state index contributed by atoms with van der Waals surface area (Å²) < 4.78 is 0. The summed E-state index contributed by atoms with van der Waals surface area (Å²) in [7, 11) is 0. The van der Waals surface area contributed by atoms with Crippen molar-refractivity contribution in [3.05, 3.63) is 24.3 Å². The van der Waals surface area contributed by atoms with Crippen molar-refractivity contribution in [3.63, 3.8) is 0 Å². The summed E-state index contributed by atoms with van der Waals surface area (Å²) in [6.45, 7) is 4.51. The fourth-order valence-corrected chi connectivity index (χ4v) is 3.68. The maximum absolute atomic E-state index is 2.43. The SMILES string of the molecule is CC/C=C/CCCCCC/C=C/CCCCCCCCCCCCCCC. The molecule has 0 heteroatoms. The highest BCUT2D eigenvalue weighted by Gasteiger charge is 1.93. The molecule has 160 valence electrons. The second kappa shape index (κ2) is 25.5. The highest BCUT2D eigenvalue weighted by molar-refractivity contribution is 4.82. The first kappa shape index (κ1) is 26.5. The van der Waals surface area contributed by atoms with Gasteiger partial charge in [0.15, 0.2) is 0 Å². The molecule has 0 aliphatic carbocycles. The Morgan fingerprint density at radius 1 is 0.333 bits per heavy atom. The molecule has 0 heterocycles. The van der Waals surface area contributed by atoms with Gasteiger partial charge in [-0.15, -0.1) is 0 Å². The van der Waals surface area contributed by atoms with Crippen LogP contribution in [0.25, 0.3) is 0 Å². The number of hydrogen-bond donors (Lipinski definition) is 0.